The van der Waals surface area contributed by atoms with Gasteiger partial charge >= 0.3 is 0 Å². The van der Waals surface area contributed by atoms with Crippen LogP contribution >= 0.6 is 23.2 Å². The second kappa shape index (κ2) is 5.54. The van der Waals surface area contributed by atoms with Gasteiger partial charge in [0.05, 0.1) is 28.1 Å². The van der Waals surface area contributed by atoms with Crippen molar-refractivity contribution in [3.05, 3.63) is 50.8 Å². The fraction of sp³-hybridized carbons (Fsp3) is 0.273. The Morgan fingerprint density at radius 1 is 1.53 bits per heavy atom. The number of hydrogen-bond acceptors (Lipinski definition) is 4. The van der Waals surface area contributed by atoms with Crippen LogP contribution < -0.4 is 0 Å². The molecule has 6 nitrogen and oxygen atoms in total. The Morgan fingerprint density at radius 3 is 2.79 bits per heavy atom. The van der Waals surface area contributed by atoms with Crippen LogP contribution in [0.15, 0.2) is 24.4 Å². The summed E-state index contributed by atoms with van der Waals surface area (Å²) in [6, 6.07) is 4.33. The number of rotatable bonds is 4. The van der Waals surface area contributed by atoms with Crippen LogP contribution in [0.5, 0.6) is 0 Å². The van der Waals surface area contributed by atoms with Gasteiger partial charge in [-0.25, -0.2) is 4.68 Å². The van der Waals surface area contributed by atoms with Crippen LogP contribution in [0, 0.1) is 10.1 Å². The van der Waals surface area contributed by atoms with E-state index in [1.165, 1.54) is 12.1 Å². The minimum absolute atomic E-state index is 0.0394. The number of non-ortho nitro benzene ring substituents is 1. The van der Waals surface area contributed by atoms with E-state index in [-0.39, 0.29) is 11.1 Å². The maximum Gasteiger partial charge on any atom is 0.270 e. The molecule has 0 aliphatic carbocycles. The molecule has 0 N–H and O–H groups in total. The summed E-state index contributed by atoms with van der Waals surface area (Å²) in [6.07, 6.45) is 1.72. The van der Waals surface area contributed by atoms with E-state index in [4.69, 9.17) is 23.2 Å². The lowest BCUT2D eigenvalue weighted by molar-refractivity contribution is -0.384. The van der Waals surface area contributed by atoms with Gasteiger partial charge in [-0.1, -0.05) is 16.8 Å². The molecule has 0 radical (unpaired) electrons. The average Bonchev–Trinajstić information content (AvgIpc) is 2.80. The smallest absolute Gasteiger partial charge is 0.258 e. The fourth-order valence-corrected chi connectivity index (χ4v) is 1.86. The predicted octanol–water partition coefficient (Wildman–Crippen LogP) is 3.19. The van der Waals surface area contributed by atoms with Gasteiger partial charge < -0.3 is 0 Å². The molecule has 0 saturated carbocycles. The molecule has 1 heterocycles. The zero-order valence-corrected chi connectivity index (χ0v) is 11.5. The van der Waals surface area contributed by atoms with Gasteiger partial charge in [0.1, 0.15) is 5.69 Å². The fourth-order valence-electron chi connectivity index (χ4n) is 1.53. The van der Waals surface area contributed by atoms with Gasteiger partial charge in [0.15, 0.2) is 0 Å². The van der Waals surface area contributed by atoms with Crippen LogP contribution in [-0.2, 0) is 6.54 Å². The Kier molecular flexibility index (Phi) is 4.01. The minimum atomic E-state index is -0.488. The zero-order valence-electron chi connectivity index (χ0n) is 9.96. The number of nitrogens with zero attached hydrogens (tertiary/aromatic N) is 4. The molecule has 100 valence electrons. The van der Waals surface area contributed by atoms with E-state index in [1.807, 2.05) is 0 Å². The Balaban J connectivity index is 2.20. The van der Waals surface area contributed by atoms with Crippen molar-refractivity contribution in [2.24, 2.45) is 0 Å². The molecule has 0 saturated heterocycles. The van der Waals surface area contributed by atoms with E-state index in [0.717, 1.165) is 5.56 Å². The van der Waals surface area contributed by atoms with Crippen LogP contribution in [0.4, 0.5) is 5.69 Å². The van der Waals surface area contributed by atoms with Crippen molar-refractivity contribution in [2.45, 2.75) is 18.8 Å². The lowest BCUT2D eigenvalue weighted by Crippen LogP contribution is -2.01. The van der Waals surface area contributed by atoms with Gasteiger partial charge in [-0.2, -0.15) is 0 Å². The van der Waals surface area contributed by atoms with Crippen molar-refractivity contribution >= 4 is 28.9 Å². The second-order valence-corrected chi connectivity index (χ2v) is 5.05. The molecule has 0 aliphatic rings. The van der Waals surface area contributed by atoms with Crippen molar-refractivity contribution in [1.29, 1.82) is 0 Å². The lowest BCUT2D eigenvalue weighted by Gasteiger charge is -2.03. The first-order chi connectivity index (χ1) is 8.97. The van der Waals surface area contributed by atoms with E-state index in [9.17, 15) is 10.1 Å². The first kappa shape index (κ1) is 13.8. The zero-order chi connectivity index (χ0) is 14.0. The summed E-state index contributed by atoms with van der Waals surface area (Å²) in [6.45, 7) is 2.18. The van der Waals surface area contributed by atoms with Crippen LogP contribution in [0.3, 0.4) is 0 Å². The van der Waals surface area contributed by atoms with Gasteiger partial charge in [0.25, 0.3) is 5.69 Å². The number of nitro groups is 1. The van der Waals surface area contributed by atoms with E-state index >= 15 is 0 Å². The Hall–Kier alpha value is -1.66. The van der Waals surface area contributed by atoms with Crippen molar-refractivity contribution in [3.63, 3.8) is 0 Å². The normalized spacial score (nSPS) is 12.4. The summed E-state index contributed by atoms with van der Waals surface area (Å²) in [7, 11) is 0. The number of alkyl halides is 1. The lowest BCUT2D eigenvalue weighted by atomic mass is 10.2. The molecule has 19 heavy (non-hydrogen) atoms. The van der Waals surface area contributed by atoms with Gasteiger partial charge in [0.2, 0.25) is 0 Å². The second-order valence-electron chi connectivity index (χ2n) is 3.99. The Bertz CT molecular complexity index is 612. The van der Waals surface area contributed by atoms with Crippen LogP contribution in [-0.4, -0.2) is 19.9 Å². The van der Waals surface area contributed by atoms with Gasteiger partial charge in [-0.15, -0.1) is 16.7 Å². The molecule has 0 aliphatic heterocycles. The van der Waals surface area contributed by atoms with Crippen molar-refractivity contribution in [3.8, 4) is 0 Å². The number of nitro benzene ring substituents is 1. The maximum absolute atomic E-state index is 10.6. The van der Waals surface area contributed by atoms with Crippen LogP contribution in [0.1, 0.15) is 23.6 Å². The van der Waals surface area contributed by atoms with Gasteiger partial charge in [0, 0.05) is 12.1 Å². The molecule has 0 bridgehead atoms. The third kappa shape index (κ3) is 3.21. The summed E-state index contributed by atoms with van der Waals surface area (Å²) >= 11 is 11.9. The summed E-state index contributed by atoms with van der Waals surface area (Å²) in [4.78, 5) is 10.1. The van der Waals surface area contributed by atoms with Crippen molar-refractivity contribution in [1.82, 2.24) is 15.0 Å². The molecule has 0 spiro atoms. The Morgan fingerprint density at radius 2 is 2.26 bits per heavy atom. The Labute approximate surface area is 119 Å². The highest BCUT2D eigenvalue weighted by atomic mass is 35.5. The predicted molar refractivity (Wildman–Crippen MR) is 71.5 cm³/mol. The summed E-state index contributed by atoms with van der Waals surface area (Å²) < 4.78 is 1.58. The molecule has 1 atom stereocenters. The first-order valence-electron chi connectivity index (χ1n) is 5.44. The minimum Gasteiger partial charge on any atom is -0.258 e. The molecule has 1 aromatic heterocycles. The van der Waals surface area contributed by atoms with Crippen molar-refractivity contribution in [2.75, 3.05) is 0 Å². The maximum atomic E-state index is 10.6. The number of hydrogen-bond donors (Lipinski definition) is 0. The topological polar surface area (TPSA) is 73.8 Å². The summed E-state index contributed by atoms with van der Waals surface area (Å²) in [5.41, 5.74) is 1.35. The third-order valence-corrected chi connectivity index (χ3v) is 3.12. The van der Waals surface area contributed by atoms with E-state index in [2.05, 4.69) is 10.3 Å². The largest absolute Gasteiger partial charge is 0.270 e. The SMILES string of the molecule is CC(Cl)c1cn(Cc2ccc([N+](=O)[O-])cc2Cl)nn1. The van der Waals surface area contributed by atoms with Gasteiger partial charge in [-0.05, 0) is 18.6 Å². The third-order valence-electron chi connectivity index (χ3n) is 2.54. The molecule has 1 unspecified atom stereocenters. The molecular formula is C11H10Cl2N4O2. The highest BCUT2D eigenvalue weighted by molar-refractivity contribution is 6.31. The monoisotopic (exact) mass is 300 g/mol. The van der Waals surface area contributed by atoms with E-state index in [1.54, 1.807) is 23.9 Å². The van der Waals surface area contributed by atoms with Gasteiger partial charge in [-0.3, -0.25) is 10.1 Å². The summed E-state index contributed by atoms with van der Waals surface area (Å²) in [5.74, 6) is 0. The molecule has 2 rings (SSSR count). The molecule has 0 fully saturated rings. The molecular weight excluding hydrogens is 291 g/mol. The quantitative estimate of drug-likeness (QED) is 0.494. The highest BCUT2D eigenvalue weighted by Gasteiger charge is 2.11. The molecule has 0 amide bonds. The highest BCUT2D eigenvalue weighted by Crippen LogP contribution is 2.23. The van der Waals surface area contributed by atoms with Crippen molar-refractivity contribution < 1.29 is 4.92 Å². The molecule has 2 aromatic rings. The average molecular weight is 301 g/mol. The number of halogens is 2. The number of aromatic nitrogens is 3. The van der Waals surface area contributed by atoms with Crippen LogP contribution in [0.2, 0.25) is 5.02 Å². The number of benzene rings is 1. The first-order valence-corrected chi connectivity index (χ1v) is 6.25. The molecule has 8 heteroatoms. The summed E-state index contributed by atoms with van der Waals surface area (Å²) in [5, 5.41) is 18.5. The van der Waals surface area contributed by atoms with Crippen LogP contribution in [0.25, 0.3) is 0 Å². The van der Waals surface area contributed by atoms with E-state index < -0.39 is 4.92 Å². The molecule has 1 aromatic carbocycles. The van der Waals surface area contributed by atoms with E-state index in [0.29, 0.717) is 17.3 Å². The standard InChI is InChI=1S/C11H10Cl2N4O2/c1-7(12)11-6-16(15-14-11)5-8-2-3-9(17(18)19)4-10(8)13/h2-4,6-7H,5H2,1H3.